The Morgan fingerprint density at radius 1 is 1.21 bits per heavy atom. The van der Waals surface area contributed by atoms with Crippen LogP contribution in [0, 0.1) is 6.92 Å². The Morgan fingerprint density at radius 3 is 2.68 bits per heavy atom. The van der Waals surface area contributed by atoms with E-state index < -0.39 is 6.03 Å². The van der Waals surface area contributed by atoms with E-state index in [4.69, 9.17) is 23.2 Å². The van der Waals surface area contributed by atoms with Crippen LogP contribution in [0.2, 0.25) is 10.0 Å². The Kier molecular flexibility index (Phi) is 4.24. The third-order valence-corrected chi connectivity index (χ3v) is 2.97. The summed E-state index contributed by atoms with van der Waals surface area (Å²) in [5.74, 6) is 0.505. The molecule has 98 valence electrons. The number of pyridine rings is 1. The minimum Gasteiger partial charge on any atom is -0.306 e. The van der Waals surface area contributed by atoms with Gasteiger partial charge in [-0.05, 0) is 36.8 Å². The van der Waals surface area contributed by atoms with Crippen molar-refractivity contribution in [3.63, 3.8) is 0 Å². The maximum atomic E-state index is 11.8. The molecule has 0 aliphatic carbocycles. The second-order valence-corrected chi connectivity index (χ2v) is 4.72. The SMILES string of the molecule is Cc1cccnc1NC(=O)Nc1ccc(Cl)cc1Cl. The van der Waals surface area contributed by atoms with Crippen LogP contribution in [0.1, 0.15) is 5.56 Å². The lowest BCUT2D eigenvalue weighted by molar-refractivity contribution is 0.262. The summed E-state index contributed by atoms with van der Waals surface area (Å²) in [5, 5.41) is 6.17. The number of carbonyl (C=O) groups is 1. The lowest BCUT2D eigenvalue weighted by Gasteiger charge is -2.10. The van der Waals surface area contributed by atoms with E-state index in [0.717, 1.165) is 5.56 Å². The van der Waals surface area contributed by atoms with Crippen LogP contribution in [0.15, 0.2) is 36.5 Å². The normalized spacial score (nSPS) is 10.1. The maximum absolute atomic E-state index is 11.8. The zero-order valence-electron chi connectivity index (χ0n) is 10.1. The van der Waals surface area contributed by atoms with Gasteiger partial charge in [0.2, 0.25) is 0 Å². The Labute approximate surface area is 120 Å². The third-order valence-electron chi connectivity index (χ3n) is 2.42. The van der Waals surface area contributed by atoms with E-state index in [0.29, 0.717) is 21.6 Å². The van der Waals surface area contributed by atoms with Crippen molar-refractivity contribution in [2.24, 2.45) is 0 Å². The number of carbonyl (C=O) groups excluding carboxylic acids is 1. The summed E-state index contributed by atoms with van der Waals surface area (Å²) in [6.45, 7) is 1.86. The monoisotopic (exact) mass is 295 g/mol. The molecular formula is C13H11Cl2N3O. The standard InChI is InChI=1S/C13H11Cl2N3O/c1-8-3-2-6-16-12(8)18-13(19)17-11-5-4-9(14)7-10(11)15/h2-7H,1H3,(H2,16,17,18,19). The highest BCUT2D eigenvalue weighted by atomic mass is 35.5. The zero-order valence-corrected chi connectivity index (χ0v) is 11.6. The van der Waals surface area contributed by atoms with Gasteiger partial charge in [-0.1, -0.05) is 29.3 Å². The smallest absolute Gasteiger partial charge is 0.306 e. The van der Waals surface area contributed by atoms with Gasteiger partial charge in [-0.15, -0.1) is 0 Å². The number of nitrogens with zero attached hydrogens (tertiary/aromatic N) is 1. The second kappa shape index (κ2) is 5.91. The van der Waals surface area contributed by atoms with Gasteiger partial charge in [0.05, 0.1) is 10.7 Å². The van der Waals surface area contributed by atoms with Crippen molar-refractivity contribution in [2.45, 2.75) is 6.92 Å². The molecule has 6 heteroatoms. The molecule has 1 aromatic heterocycles. The van der Waals surface area contributed by atoms with Gasteiger partial charge in [0.1, 0.15) is 5.82 Å². The first-order valence-electron chi connectivity index (χ1n) is 5.51. The molecule has 0 bridgehead atoms. The highest BCUT2D eigenvalue weighted by molar-refractivity contribution is 6.36. The van der Waals surface area contributed by atoms with Crippen molar-refractivity contribution in [1.82, 2.24) is 4.98 Å². The molecule has 0 aliphatic heterocycles. The van der Waals surface area contributed by atoms with E-state index in [1.165, 1.54) is 0 Å². The number of hydrogen-bond donors (Lipinski definition) is 2. The number of hydrogen-bond acceptors (Lipinski definition) is 2. The predicted octanol–water partition coefficient (Wildman–Crippen LogP) is 4.34. The third kappa shape index (κ3) is 3.59. The summed E-state index contributed by atoms with van der Waals surface area (Å²) >= 11 is 11.7. The molecule has 0 fully saturated rings. The van der Waals surface area contributed by atoms with Crippen molar-refractivity contribution in [3.05, 3.63) is 52.1 Å². The van der Waals surface area contributed by atoms with Crippen LogP contribution in [0.25, 0.3) is 0 Å². The number of rotatable bonds is 2. The molecule has 0 unspecified atom stereocenters. The fraction of sp³-hybridized carbons (Fsp3) is 0.0769. The van der Waals surface area contributed by atoms with E-state index in [1.807, 2.05) is 13.0 Å². The van der Waals surface area contributed by atoms with E-state index in [9.17, 15) is 4.79 Å². The van der Waals surface area contributed by atoms with Crippen molar-refractivity contribution >= 4 is 40.7 Å². The average molecular weight is 296 g/mol. The molecule has 1 aromatic carbocycles. The molecule has 0 aliphatic rings. The highest BCUT2D eigenvalue weighted by Crippen LogP contribution is 2.25. The fourth-order valence-electron chi connectivity index (χ4n) is 1.47. The minimum absolute atomic E-state index is 0.375. The first-order valence-corrected chi connectivity index (χ1v) is 6.26. The molecule has 4 nitrogen and oxygen atoms in total. The fourth-order valence-corrected chi connectivity index (χ4v) is 1.92. The zero-order chi connectivity index (χ0) is 13.8. The molecule has 0 saturated carbocycles. The van der Waals surface area contributed by atoms with Gasteiger partial charge in [0.25, 0.3) is 0 Å². The lowest BCUT2D eigenvalue weighted by Crippen LogP contribution is -2.20. The van der Waals surface area contributed by atoms with Crippen molar-refractivity contribution < 1.29 is 4.79 Å². The molecule has 2 rings (SSSR count). The van der Waals surface area contributed by atoms with E-state index in [1.54, 1.807) is 30.5 Å². The molecule has 0 radical (unpaired) electrons. The summed E-state index contributed by atoms with van der Waals surface area (Å²) in [6, 6.07) is 8.09. The van der Waals surface area contributed by atoms with Gasteiger partial charge in [-0.2, -0.15) is 0 Å². The van der Waals surface area contributed by atoms with E-state index in [2.05, 4.69) is 15.6 Å². The summed E-state index contributed by atoms with van der Waals surface area (Å²) < 4.78 is 0. The lowest BCUT2D eigenvalue weighted by atomic mass is 10.3. The largest absolute Gasteiger partial charge is 0.324 e. The molecule has 0 saturated heterocycles. The number of benzene rings is 1. The number of nitrogens with one attached hydrogen (secondary N) is 2. The first kappa shape index (κ1) is 13.6. The van der Waals surface area contributed by atoms with E-state index in [-0.39, 0.29) is 0 Å². The van der Waals surface area contributed by atoms with Crippen molar-refractivity contribution in [3.8, 4) is 0 Å². The molecule has 2 N–H and O–H groups in total. The van der Waals surface area contributed by atoms with Crippen LogP contribution >= 0.6 is 23.2 Å². The Morgan fingerprint density at radius 2 is 2.00 bits per heavy atom. The highest BCUT2D eigenvalue weighted by Gasteiger charge is 2.08. The summed E-state index contributed by atoms with van der Waals surface area (Å²) in [5.41, 5.74) is 1.36. The van der Waals surface area contributed by atoms with Gasteiger partial charge < -0.3 is 5.32 Å². The summed E-state index contributed by atoms with van der Waals surface area (Å²) in [7, 11) is 0. The van der Waals surface area contributed by atoms with Gasteiger partial charge in [-0.25, -0.2) is 9.78 Å². The second-order valence-electron chi connectivity index (χ2n) is 3.87. The molecule has 0 spiro atoms. The van der Waals surface area contributed by atoms with Crippen LogP contribution < -0.4 is 10.6 Å². The molecule has 0 atom stereocenters. The Hall–Kier alpha value is -1.78. The minimum atomic E-state index is -0.411. The van der Waals surface area contributed by atoms with E-state index >= 15 is 0 Å². The van der Waals surface area contributed by atoms with Gasteiger partial charge in [0, 0.05) is 11.2 Å². The quantitative estimate of drug-likeness (QED) is 0.866. The Bertz CT molecular complexity index is 617. The van der Waals surface area contributed by atoms with Gasteiger partial charge in [0.15, 0.2) is 0 Å². The van der Waals surface area contributed by atoms with Gasteiger partial charge in [-0.3, -0.25) is 5.32 Å². The van der Waals surface area contributed by atoms with Crippen molar-refractivity contribution in [2.75, 3.05) is 10.6 Å². The molecule has 1 heterocycles. The number of anilines is 2. The predicted molar refractivity (Wildman–Crippen MR) is 78.1 cm³/mol. The maximum Gasteiger partial charge on any atom is 0.324 e. The summed E-state index contributed by atoms with van der Waals surface area (Å²) in [4.78, 5) is 15.9. The van der Waals surface area contributed by atoms with Crippen LogP contribution in [0.3, 0.4) is 0 Å². The molecular weight excluding hydrogens is 285 g/mol. The first-order chi connectivity index (χ1) is 9.06. The number of aromatic nitrogens is 1. The molecule has 19 heavy (non-hydrogen) atoms. The topological polar surface area (TPSA) is 54.0 Å². The van der Waals surface area contributed by atoms with Crippen LogP contribution in [-0.2, 0) is 0 Å². The van der Waals surface area contributed by atoms with Crippen LogP contribution in [0.4, 0.5) is 16.3 Å². The number of halogens is 2. The van der Waals surface area contributed by atoms with Crippen molar-refractivity contribution in [1.29, 1.82) is 0 Å². The van der Waals surface area contributed by atoms with Crippen LogP contribution in [0.5, 0.6) is 0 Å². The number of amides is 2. The van der Waals surface area contributed by atoms with Crippen LogP contribution in [-0.4, -0.2) is 11.0 Å². The number of urea groups is 1. The Balaban J connectivity index is 2.08. The van der Waals surface area contributed by atoms with Gasteiger partial charge >= 0.3 is 6.03 Å². The summed E-state index contributed by atoms with van der Waals surface area (Å²) in [6.07, 6.45) is 1.61. The number of aryl methyl sites for hydroxylation is 1. The average Bonchev–Trinajstić information content (AvgIpc) is 2.36. The molecule has 2 aromatic rings. The molecule has 2 amide bonds.